The first kappa shape index (κ1) is 13.9. The van der Waals surface area contributed by atoms with E-state index in [0.717, 1.165) is 25.6 Å². The molecule has 1 rings (SSSR count). The average molecular weight is 242 g/mol. The van der Waals surface area contributed by atoms with E-state index in [9.17, 15) is 0 Å². The van der Waals surface area contributed by atoms with Crippen molar-refractivity contribution in [3.63, 3.8) is 0 Å². The number of nitrogens with two attached hydrogens (primary N) is 1. The van der Waals surface area contributed by atoms with E-state index in [1.165, 1.54) is 25.7 Å². The average Bonchev–Trinajstić information content (AvgIpc) is 2.71. The molecule has 0 aliphatic heterocycles. The molecule has 0 unspecified atom stereocenters. The zero-order valence-electron chi connectivity index (χ0n) is 11.0. The Morgan fingerprint density at radius 2 is 1.94 bits per heavy atom. The lowest BCUT2D eigenvalue weighted by molar-refractivity contribution is 0.190. The van der Waals surface area contributed by atoms with Crippen molar-refractivity contribution < 1.29 is 0 Å². The van der Waals surface area contributed by atoms with E-state index in [4.69, 9.17) is 18.0 Å². The second-order valence-electron chi connectivity index (χ2n) is 5.57. The highest BCUT2D eigenvalue weighted by atomic mass is 32.1. The smallest absolute Gasteiger partial charge is 0.0784 e. The van der Waals surface area contributed by atoms with Crippen LogP contribution in [0.1, 0.15) is 52.9 Å². The Kier molecular flexibility index (Phi) is 5.19. The Balaban J connectivity index is 2.41. The maximum absolute atomic E-state index is 5.76. The summed E-state index contributed by atoms with van der Waals surface area (Å²) in [6, 6.07) is 0.812. The van der Waals surface area contributed by atoms with Gasteiger partial charge in [-0.25, -0.2) is 0 Å². The van der Waals surface area contributed by atoms with Gasteiger partial charge in [0.15, 0.2) is 0 Å². The molecule has 0 aromatic rings. The Labute approximate surface area is 106 Å². The van der Waals surface area contributed by atoms with Crippen molar-refractivity contribution in [2.24, 2.45) is 11.1 Å². The minimum atomic E-state index is 0.00135. The summed E-state index contributed by atoms with van der Waals surface area (Å²) < 4.78 is 0. The molecule has 1 aliphatic rings. The second kappa shape index (κ2) is 5.97. The zero-order chi connectivity index (χ0) is 12.2. The van der Waals surface area contributed by atoms with Gasteiger partial charge >= 0.3 is 0 Å². The van der Waals surface area contributed by atoms with Gasteiger partial charge in [0.25, 0.3) is 0 Å². The molecule has 0 saturated heterocycles. The van der Waals surface area contributed by atoms with Gasteiger partial charge < -0.3 is 10.6 Å². The van der Waals surface area contributed by atoms with Gasteiger partial charge in [-0.15, -0.1) is 0 Å². The van der Waals surface area contributed by atoms with Gasteiger partial charge in [-0.3, -0.25) is 0 Å². The van der Waals surface area contributed by atoms with Crippen molar-refractivity contribution in [1.82, 2.24) is 4.90 Å². The van der Waals surface area contributed by atoms with Crippen LogP contribution < -0.4 is 5.73 Å². The molecule has 0 atom stereocenters. The highest BCUT2D eigenvalue weighted by molar-refractivity contribution is 7.80. The first-order valence-electron chi connectivity index (χ1n) is 6.51. The largest absolute Gasteiger partial charge is 0.393 e. The molecule has 2 N–H and O–H groups in total. The Bertz CT molecular complexity index is 232. The highest BCUT2D eigenvalue weighted by Gasteiger charge is 2.25. The summed E-state index contributed by atoms with van der Waals surface area (Å²) in [5, 5.41) is 0. The van der Waals surface area contributed by atoms with Crippen molar-refractivity contribution in [2.75, 3.05) is 13.1 Å². The van der Waals surface area contributed by atoms with Crippen molar-refractivity contribution in [2.45, 2.75) is 58.9 Å². The molecule has 1 aliphatic carbocycles. The van der Waals surface area contributed by atoms with Crippen LogP contribution in [-0.4, -0.2) is 29.0 Å². The molecule has 1 fully saturated rings. The molecule has 0 aromatic heterocycles. The lowest BCUT2D eigenvalue weighted by Gasteiger charge is -2.31. The maximum Gasteiger partial charge on any atom is 0.0784 e. The topological polar surface area (TPSA) is 29.3 Å². The Morgan fingerprint density at radius 1 is 1.38 bits per heavy atom. The summed E-state index contributed by atoms with van der Waals surface area (Å²) >= 11 is 5.11. The van der Waals surface area contributed by atoms with Crippen LogP contribution in [0.5, 0.6) is 0 Å². The number of rotatable bonds is 6. The molecule has 94 valence electrons. The fraction of sp³-hybridized carbons (Fsp3) is 0.923. The predicted molar refractivity (Wildman–Crippen MR) is 74.7 cm³/mol. The molecule has 3 heteroatoms. The second-order valence-corrected chi connectivity index (χ2v) is 6.00. The lowest BCUT2D eigenvalue weighted by atomic mass is 9.89. The van der Waals surface area contributed by atoms with Crippen LogP contribution in [0.25, 0.3) is 0 Å². The van der Waals surface area contributed by atoms with E-state index >= 15 is 0 Å². The molecule has 0 aromatic carbocycles. The number of hydrogen-bond acceptors (Lipinski definition) is 2. The molecule has 2 nitrogen and oxygen atoms in total. The third kappa shape index (κ3) is 3.70. The van der Waals surface area contributed by atoms with Crippen molar-refractivity contribution in [1.29, 1.82) is 0 Å². The third-order valence-electron chi connectivity index (χ3n) is 3.94. The quantitative estimate of drug-likeness (QED) is 0.726. The van der Waals surface area contributed by atoms with Gasteiger partial charge in [-0.2, -0.15) is 0 Å². The fourth-order valence-electron chi connectivity index (χ4n) is 2.41. The van der Waals surface area contributed by atoms with E-state index in [2.05, 4.69) is 25.7 Å². The monoisotopic (exact) mass is 242 g/mol. The summed E-state index contributed by atoms with van der Waals surface area (Å²) in [4.78, 5) is 3.25. The van der Waals surface area contributed by atoms with Gasteiger partial charge in [0, 0.05) is 11.5 Å². The van der Waals surface area contributed by atoms with Gasteiger partial charge in [0.05, 0.1) is 4.99 Å². The number of thiocarbonyl (C=S) groups is 1. The van der Waals surface area contributed by atoms with Crippen molar-refractivity contribution in [3.05, 3.63) is 0 Å². The first-order valence-corrected chi connectivity index (χ1v) is 6.92. The summed E-state index contributed by atoms with van der Waals surface area (Å²) in [5.74, 6) is 0. The molecular formula is C13H26N2S. The summed E-state index contributed by atoms with van der Waals surface area (Å²) in [6.07, 6.45) is 6.63. The molecule has 0 spiro atoms. The maximum atomic E-state index is 5.76. The SMILES string of the molecule is CCN(CCC(C)(C)C(N)=S)C1CCCC1. The van der Waals surface area contributed by atoms with Crippen LogP contribution in [0.4, 0.5) is 0 Å². The van der Waals surface area contributed by atoms with Gasteiger partial charge in [0.2, 0.25) is 0 Å². The molecule has 16 heavy (non-hydrogen) atoms. The minimum absolute atomic E-state index is 0.00135. The van der Waals surface area contributed by atoms with Crippen LogP contribution in [0.2, 0.25) is 0 Å². The summed E-state index contributed by atoms with van der Waals surface area (Å²) in [7, 11) is 0. The minimum Gasteiger partial charge on any atom is -0.393 e. The normalized spacial score (nSPS) is 18.2. The van der Waals surface area contributed by atoms with E-state index in [1.54, 1.807) is 0 Å². The van der Waals surface area contributed by atoms with Crippen LogP contribution in [0, 0.1) is 5.41 Å². The zero-order valence-corrected chi connectivity index (χ0v) is 11.8. The number of nitrogens with zero attached hydrogens (tertiary/aromatic N) is 1. The highest BCUT2D eigenvalue weighted by Crippen LogP contribution is 2.26. The Hall–Kier alpha value is -0.150. The van der Waals surface area contributed by atoms with Crippen LogP contribution in [-0.2, 0) is 0 Å². The molecule has 0 radical (unpaired) electrons. The van der Waals surface area contributed by atoms with Crippen molar-refractivity contribution >= 4 is 17.2 Å². The molecule has 0 bridgehead atoms. The van der Waals surface area contributed by atoms with E-state index in [0.29, 0.717) is 4.99 Å². The van der Waals surface area contributed by atoms with Crippen molar-refractivity contribution in [3.8, 4) is 0 Å². The predicted octanol–water partition coefficient (Wildman–Crippen LogP) is 2.95. The molecule has 1 saturated carbocycles. The summed E-state index contributed by atoms with van der Waals surface area (Å²) in [6.45, 7) is 8.84. The van der Waals surface area contributed by atoms with Crippen LogP contribution in [0.15, 0.2) is 0 Å². The van der Waals surface area contributed by atoms with E-state index in [-0.39, 0.29) is 5.41 Å². The van der Waals surface area contributed by atoms with Gasteiger partial charge in [-0.05, 0) is 32.4 Å². The lowest BCUT2D eigenvalue weighted by Crippen LogP contribution is -2.38. The third-order valence-corrected chi connectivity index (χ3v) is 4.49. The molecular weight excluding hydrogens is 216 g/mol. The Morgan fingerprint density at radius 3 is 2.38 bits per heavy atom. The van der Waals surface area contributed by atoms with E-state index in [1.807, 2.05) is 0 Å². The van der Waals surface area contributed by atoms with E-state index < -0.39 is 0 Å². The van der Waals surface area contributed by atoms with Gasteiger partial charge in [-0.1, -0.05) is 45.8 Å². The van der Waals surface area contributed by atoms with Gasteiger partial charge in [0.1, 0.15) is 0 Å². The molecule has 0 heterocycles. The molecule has 0 amide bonds. The summed E-state index contributed by atoms with van der Waals surface area (Å²) in [5.41, 5.74) is 5.77. The fourth-order valence-corrected chi connectivity index (χ4v) is 2.52. The standard InChI is InChI=1S/C13H26N2S/c1-4-15(11-7-5-6-8-11)10-9-13(2,3)12(14)16/h11H,4-10H2,1-3H3,(H2,14,16). The number of hydrogen-bond donors (Lipinski definition) is 1. The first-order chi connectivity index (χ1) is 7.47. The van der Waals surface area contributed by atoms with Crippen LogP contribution in [0.3, 0.4) is 0 Å². The van der Waals surface area contributed by atoms with Crippen LogP contribution >= 0.6 is 12.2 Å².